The predicted molar refractivity (Wildman–Crippen MR) is 89.4 cm³/mol. The van der Waals surface area contributed by atoms with Gasteiger partial charge in [0.05, 0.1) is 22.6 Å². The van der Waals surface area contributed by atoms with Crippen LogP contribution in [0.15, 0.2) is 36.4 Å². The molecule has 2 aromatic rings. The van der Waals surface area contributed by atoms with E-state index in [9.17, 15) is 23.1 Å². The number of benzene rings is 2. The van der Waals surface area contributed by atoms with Crippen molar-refractivity contribution in [2.24, 2.45) is 0 Å². The van der Waals surface area contributed by atoms with Crippen LogP contribution in [0.2, 0.25) is 5.02 Å². The van der Waals surface area contributed by atoms with Crippen LogP contribution in [-0.2, 0) is 11.0 Å². The van der Waals surface area contributed by atoms with Crippen LogP contribution in [-0.4, -0.2) is 16.6 Å². The van der Waals surface area contributed by atoms with Gasteiger partial charge in [-0.15, -0.1) is 0 Å². The first-order chi connectivity index (χ1) is 11.5. The van der Waals surface area contributed by atoms with E-state index in [-0.39, 0.29) is 27.8 Å². The molecule has 1 amide bonds. The summed E-state index contributed by atoms with van der Waals surface area (Å²) in [7, 11) is 0. The Hall–Kier alpha value is -2.41. The van der Waals surface area contributed by atoms with Crippen LogP contribution < -0.4 is 10.2 Å². The highest BCUT2D eigenvalue weighted by atomic mass is 35.5. The van der Waals surface area contributed by atoms with Gasteiger partial charge in [0.1, 0.15) is 11.3 Å². The summed E-state index contributed by atoms with van der Waals surface area (Å²) < 4.78 is 39.0. The molecule has 0 unspecified atom stereocenters. The standard InChI is InChI=1S/C17H14ClF3N2O2/c1-16(2)15(25)23(13-8-10(18)4-6-14(13)24)12-5-3-9(17(19,20)21)7-11(12)22-16/h3-8,22,24H,1-2H3. The van der Waals surface area contributed by atoms with Gasteiger partial charge in [0.2, 0.25) is 0 Å². The van der Waals surface area contributed by atoms with Gasteiger partial charge < -0.3 is 10.4 Å². The molecule has 0 spiro atoms. The summed E-state index contributed by atoms with van der Waals surface area (Å²) in [5.74, 6) is -0.640. The Morgan fingerprint density at radius 1 is 1.12 bits per heavy atom. The van der Waals surface area contributed by atoms with E-state index in [1.807, 2.05) is 0 Å². The fourth-order valence-electron chi connectivity index (χ4n) is 2.70. The van der Waals surface area contributed by atoms with E-state index in [2.05, 4.69) is 5.32 Å². The minimum Gasteiger partial charge on any atom is -0.506 e. The summed E-state index contributed by atoms with van der Waals surface area (Å²) >= 11 is 5.95. The highest BCUT2D eigenvalue weighted by Crippen LogP contribution is 2.45. The lowest BCUT2D eigenvalue weighted by Gasteiger charge is -2.40. The number of aromatic hydroxyl groups is 1. The minimum absolute atomic E-state index is 0.105. The van der Waals surface area contributed by atoms with Crippen LogP contribution in [0.25, 0.3) is 0 Å². The zero-order chi connectivity index (χ0) is 18.6. The van der Waals surface area contributed by atoms with Crippen molar-refractivity contribution < 1.29 is 23.1 Å². The average Bonchev–Trinajstić information content (AvgIpc) is 2.50. The van der Waals surface area contributed by atoms with E-state index >= 15 is 0 Å². The molecule has 0 radical (unpaired) electrons. The second-order valence-electron chi connectivity index (χ2n) is 6.25. The van der Waals surface area contributed by atoms with Gasteiger partial charge >= 0.3 is 6.18 Å². The number of anilines is 3. The fourth-order valence-corrected chi connectivity index (χ4v) is 2.87. The maximum absolute atomic E-state index is 13.0. The van der Waals surface area contributed by atoms with Gasteiger partial charge in [-0.05, 0) is 50.2 Å². The molecule has 0 saturated heterocycles. The molecule has 0 atom stereocenters. The first-order valence-electron chi connectivity index (χ1n) is 7.33. The molecule has 0 fully saturated rings. The van der Waals surface area contributed by atoms with Crippen molar-refractivity contribution >= 4 is 34.6 Å². The van der Waals surface area contributed by atoms with E-state index < -0.39 is 23.2 Å². The van der Waals surface area contributed by atoms with Crippen LogP contribution >= 0.6 is 11.6 Å². The quantitative estimate of drug-likeness (QED) is 0.748. The van der Waals surface area contributed by atoms with Gasteiger partial charge in [-0.2, -0.15) is 13.2 Å². The second-order valence-corrected chi connectivity index (χ2v) is 6.69. The molecular weight excluding hydrogens is 357 g/mol. The Kier molecular flexibility index (Phi) is 3.87. The molecule has 132 valence electrons. The molecule has 1 aliphatic heterocycles. The number of nitrogens with one attached hydrogen (secondary N) is 1. The van der Waals surface area contributed by atoms with Gasteiger partial charge in [0.15, 0.2) is 0 Å². The Morgan fingerprint density at radius 2 is 1.80 bits per heavy atom. The van der Waals surface area contributed by atoms with Crippen molar-refractivity contribution in [1.29, 1.82) is 0 Å². The first-order valence-corrected chi connectivity index (χ1v) is 7.71. The SMILES string of the molecule is CC1(C)Nc2cc(C(F)(F)F)ccc2N(c2cc(Cl)ccc2O)C1=O. The molecule has 0 saturated carbocycles. The zero-order valence-corrected chi connectivity index (χ0v) is 14.0. The van der Waals surface area contributed by atoms with E-state index in [0.29, 0.717) is 0 Å². The molecule has 25 heavy (non-hydrogen) atoms. The second kappa shape index (κ2) is 5.56. The maximum atomic E-state index is 13.0. The molecular formula is C17H14ClF3N2O2. The van der Waals surface area contributed by atoms with Crippen LogP contribution in [0.1, 0.15) is 19.4 Å². The smallest absolute Gasteiger partial charge is 0.416 e. The number of hydrogen-bond acceptors (Lipinski definition) is 3. The third-order valence-electron chi connectivity index (χ3n) is 3.93. The van der Waals surface area contributed by atoms with Crippen LogP contribution in [0.5, 0.6) is 5.75 Å². The highest BCUT2D eigenvalue weighted by molar-refractivity contribution is 6.31. The largest absolute Gasteiger partial charge is 0.506 e. The average molecular weight is 371 g/mol. The number of amides is 1. The topological polar surface area (TPSA) is 52.6 Å². The predicted octanol–water partition coefficient (Wildman–Crippen LogP) is 4.93. The number of nitrogens with zero attached hydrogens (tertiary/aromatic N) is 1. The lowest BCUT2D eigenvalue weighted by Crippen LogP contribution is -2.52. The lowest BCUT2D eigenvalue weighted by molar-refractivity contribution is -0.137. The van der Waals surface area contributed by atoms with Crippen LogP contribution in [0, 0.1) is 0 Å². The van der Waals surface area contributed by atoms with Crippen molar-refractivity contribution in [2.45, 2.75) is 25.6 Å². The molecule has 3 rings (SSSR count). The van der Waals surface area contributed by atoms with Crippen LogP contribution in [0.4, 0.5) is 30.2 Å². The normalized spacial score (nSPS) is 16.4. The first kappa shape index (κ1) is 17.4. The third-order valence-corrected chi connectivity index (χ3v) is 4.16. The van der Waals surface area contributed by atoms with E-state index in [0.717, 1.165) is 12.1 Å². The number of rotatable bonds is 1. The van der Waals surface area contributed by atoms with Gasteiger partial charge in [0.25, 0.3) is 5.91 Å². The van der Waals surface area contributed by atoms with Crippen molar-refractivity contribution in [3.8, 4) is 5.75 Å². The summed E-state index contributed by atoms with van der Waals surface area (Å²) in [6.45, 7) is 3.10. The number of carbonyl (C=O) groups excluding carboxylic acids is 1. The molecule has 8 heteroatoms. The zero-order valence-electron chi connectivity index (χ0n) is 13.3. The van der Waals surface area contributed by atoms with Gasteiger partial charge in [0, 0.05) is 5.02 Å². The number of phenols is 1. The number of phenolic OH excluding ortho intramolecular Hbond substituents is 1. The Labute approximate surface area is 146 Å². The number of fused-ring (bicyclic) bond motifs is 1. The summed E-state index contributed by atoms with van der Waals surface area (Å²) in [6, 6.07) is 7.19. The number of alkyl halides is 3. The fraction of sp³-hybridized carbons (Fsp3) is 0.235. The van der Waals surface area contributed by atoms with E-state index in [1.165, 1.54) is 29.2 Å². The summed E-state index contributed by atoms with van der Waals surface area (Å²) in [6.07, 6.45) is -4.51. The molecule has 1 aliphatic rings. The van der Waals surface area contributed by atoms with Crippen molar-refractivity contribution in [3.05, 3.63) is 47.0 Å². The summed E-state index contributed by atoms with van der Waals surface area (Å²) in [5, 5.41) is 13.2. The van der Waals surface area contributed by atoms with Crippen molar-refractivity contribution in [3.63, 3.8) is 0 Å². The Morgan fingerprint density at radius 3 is 2.44 bits per heavy atom. The molecule has 0 aromatic heterocycles. The Balaban J connectivity index is 2.23. The maximum Gasteiger partial charge on any atom is 0.416 e. The summed E-state index contributed by atoms with van der Waals surface area (Å²) in [4.78, 5) is 14.0. The van der Waals surface area contributed by atoms with Crippen molar-refractivity contribution in [1.82, 2.24) is 0 Å². The monoisotopic (exact) mass is 370 g/mol. The molecule has 2 aromatic carbocycles. The van der Waals surface area contributed by atoms with Crippen LogP contribution in [0.3, 0.4) is 0 Å². The Bertz CT molecular complexity index is 865. The number of carbonyl (C=O) groups is 1. The number of halogens is 4. The van der Waals surface area contributed by atoms with Gasteiger partial charge in [-0.25, -0.2) is 0 Å². The molecule has 0 bridgehead atoms. The van der Waals surface area contributed by atoms with Gasteiger partial charge in [-0.1, -0.05) is 11.6 Å². The lowest BCUT2D eigenvalue weighted by atomic mass is 9.96. The van der Waals surface area contributed by atoms with Crippen molar-refractivity contribution in [2.75, 3.05) is 10.2 Å². The summed E-state index contributed by atoms with van der Waals surface area (Å²) in [5.41, 5.74) is -1.56. The molecule has 1 heterocycles. The molecule has 2 N–H and O–H groups in total. The van der Waals surface area contributed by atoms with E-state index in [4.69, 9.17) is 11.6 Å². The minimum atomic E-state index is -4.51. The molecule has 4 nitrogen and oxygen atoms in total. The van der Waals surface area contributed by atoms with E-state index in [1.54, 1.807) is 13.8 Å². The highest BCUT2D eigenvalue weighted by Gasteiger charge is 2.41. The number of hydrogen-bond donors (Lipinski definition) is 2. The third kappa shape index (κ3) is 3.00. The molecule has 0 aliphatic carbocycles. The van der Waals surface area contributed by atoms with Gasteiger partial charge in [-0.3, -0.25) is 9.69 Å².